The number of rotatable bonds is 2. The Morgan fingerprint density at radius 3 is 2.05 bits per heavy atom. The zero-order valence-electron chi connectivity index (χ0n) is 11.9. The van der Waals surface area contributed by atoms with Crippen molar-refractivity contribution in [3.63, 3.8) is 0 Å². The number of amides is 1. The van der Waals surface area contributed by atoms with Crippen molar-refractivity contribution in [3.8, 4) is 0 Å². The summed E-state index contributed by atoms with van der Waals surface area (Å²) in [4.78, 5) is 13.8. The average molecular weight is 314 g/mol. The van der Waals surface area contributed by atoms with Gasteiger partial charge in [0.1, 0.15) is 0 Å². The molecule has 1 aliphatic heterocycles. The summed E-state index contributed by atoms with van der Waals surface area (Å²) in [6, 6.07) is 5.16. The summed E-state index contributed by atoms with van der Waals surface area (Å²) in [5.74, 6) is -0.170. The van der Waals surface area contributed by atoms with E-state index in [-0.39, 0.29) is 5.91 Å². The first-order valence-corrected chi connectivity index (χ1v) is 7.07. The van der Waals surface area contributed by atoms with Crippen molar-refractivity contribution in [1.29, 1.82) is 0 Å². The lowest BCUT2D eigenvalue weighted by Crippen LogP contribution is -2.48. The molecule has 1 aromatic rings. The number of benzene rings is 1. The van der Waals surface area contributed by atoms with E-state index in [0.717, 1.165) is 5.56 Å². The molecule has 0 aromatic heterocycles. The standard InChI is InChI=1S/C15H17Cl2NO2/c1-8-9(2)14(20)18(13(8)19)15(3,4)10-5-11(16)7-12(17)6-10/h5-7,13,19H,1-4H3/t13-/m1/s1. The summed E-state index contributed by atoms with van der Waals surface area (Å²) >= 11 is 12.1. The number of carbonyl (C=O) groups excluding carboxylic acids is 1. The highest BCUT2D eigenvalue weighted by molar-refractivity contribution is 6.34. The minimum atomic E-state index is -0.921. The lowest BCUT2D eigenvalue weighted by atomic mass is 9.92. The Morgan fingerprint density at radius 2 is 1.65 bits per heavy atom. The normalized spacial score (nSPS) is 20.1. The van der Waals surface area contributed by atoms with Gasteiger partial charge >= 0.3 is 0 Å². The topological polar surface area (TPSA) is 40.5 Å². The van der Waals surface area contributed by atoms with Crippen LogP contribution in [-0.2, 0) is 10.3 Å². The molecule has 0 aliphatic carbocycles. The Balaban J connectivity index is 2.48. The molecule has 1 aliphatic rings. The maximum Gasteiger partial charge on any atom is 0.252 e. The predicted molar refractivity (Wildman–Crippen MR) is 80.7 cm³/mol. The molecule has 1 heterocycles. The van der Waals surface area contributed by atoms with Gasteiger partial charge in [0.15, 0.2) is 6.23 Å². The number of nitrogens with zero attached hydrogens (tertiary/aromatic N) is 1. The Hall–Kier alpha value is -1.03. The first-order valence-electron chi connectivity index (χ1n) is 6.32. The van der Waals surface area contributed by atoms with Crippen molar-refractivity contribution in [2.24, 2.45) is 0 Å². The summed E-state index contributed by atoms with van der Waals surface area (Å²) < 4.78 is 0. The van der Waals surface area contributed by atoms with E-state index in [4.69, 9.17) is 23.2 Å². The van der Waals surface area contributed by atoms with Crippen molar-refractivity contribution in [3.05, 3.63) is 45.0 Å². The van der Waals surface area contributed by atoms with Crippen LogP contribution in [0.4, 0.5) is 0 Å². The molecule has 1 amide bonds. The minimum absolute atomic E-state index is 0.170. The van der Waals surface area contributed by atoms with Gasteiger partial charge in [-0.2, -0.15) is 0 Å². The van der Waals surface area contributed by atoms with Crippen LogP contribution in [0.2, 0.25) is 10.0 Å². The molecule has 2 rings (SSSR count). The van der Waals surface area contributed by atoms with E-state index in [0.29, 0.717) is 21.2 Å². The van der Waals surface area contributed by atoms with Gasteiger partial charge in [0, 0.05) is 15.6 Å². The molecule has 108 valence electrons. The maximum absolute atomic E-state index is 12.4. The van der Waals surface area contributed by atoms with Crippen molar-refractivity contribution < 1.29 is 9.90 Å². The average Bonchev–Trinajstić information content (AvgIpc) is 2.53. The number of aliphatic hydroxyl groups excluding tert-OH is 1. The Kier molecular flexibility index (Phi) is 3.89. The summed E-state index contributed by atoms with van der Waals surface area (Å²) in [7, 11) is 0. The van der Waals surface area contributed by atoms with Gasteiger partial charge in [0.25, 0.3) is 5.91 Å². The summed E-state index contributed by atoms with van der Waals surface area (Å²) in [6.45, 7) is 7.21. The largest absolute Gasteiger partial charge is 0.369 e. The molecule has 0 bridgehead atoms. The van der Waals surface area contributed by atoms with Gasteiger partial charge in [-0.3, -0.25) is 4.79 Å². The first-order chi connectivity index (χ1) is 9.16. The van der Waals surface area contributed by atoms with Gasteiger partial charge in [0.05, 0.1) is 5.54 Å². The van der Waals surface area contributed by atoms with Gasteiger partial charge in [-0.15, -0.1) is 0 Å². The number of hydrogen-bond acceptors (Lipinski definition) is 2. The lowest BCUT2D eigenvalue weighted by molar-refractivity contribution is -0.140. The van der Waals surface area contributed by atoms with Crippen molar-refractivity contribution in [2.75, 3.05) is 0 Å². The monoisotopic (exact) mass is 313 g/mol. The molecule has 0 saturated heterocycles. The molecule has 1 N–H and O–H groups in total. The third-order valence-corrected chi connectivity index (χ3v) is 4.37. The predicted octanol–water partition coefficient (Wildman–Crippen LogP) is 3.73. The molecule has 0 spiro atoms. The van der Waals surface area contributed by atoms with E-state index in [2.05, 4.69) is 0 Å². The van der Waals surface area contributed by atoms with Crippen LogP contribution in [0.1, 0.15) is 33.3 Å². The maximum atomic E-state index is 12.4. The van der Waals surface area contributed by atoms with Crippen LogP contribution in [0.3, 0.4) is 0 Å². The molecule has 3 nitrogen and oxygen atoms in total. The van der Waals surface area contributed by atoms with Crippen LogP contribution in [0.15, 0.2) is 29.3 Å². The minimum Gasteiger partial charge on any atom is -0.369 e. The summed E-state index contributed by atoms with van der Waals surface area (Å²) in [5.41, 5.74) is 1.32. The van der Waals surface area contributed by atoms with E-state index < -0.39 is 11.8 Å². The molecule has 1 aromatic carbocycles. The van der Waals surface area contributed by atoms with Crippen LogP contribution in [-0.4, -0.2) is 22.1 Å². The summed E-state index contributed by atoms with van der Waals surface area (Å²) in [6.07, 6.45) is -0.921. The van der Waals surface area contributed by atoms with Crippen molar-refractivity contribution in [1.82, 2.24) is 4.90 Å². The van der Waals surface area contributed by atoms with E-state index in [1.165, 1.54) is 4.90 Å². The number of hydrogen-bond donors (Lipinski definition) is 1. The molecule has 0 saturated carbocycles. The zero-order valence-corrected chi connectivity index (χ0v) is 13.4. The van der Waals surface area contributed by atoms with Gasteiger partial charge in [0.2, 0.25) is 0 Å². The third-order valence-electron chi connectivity index (χ3n) is 3.93. The Morgan fingerprint density at radius 1 is 1.15 bits per heavy atom. The molecule has 0 fully saturated rings. The van der Waals surface area contributed by atoms with Crippen LogP contribution < -0.4 is 0 Å². The van der Waals surface area contributed by atoms with Gasteiger partial charge < -0.3 is 10.0 Å². The molecular formula is C15H17Cl2NO2. The fraction of sp³-hybridized carbons (Fsp3) is 0.400. The lowest BCUT2D eigenvalue weighted by Gasteiger charge is -2.39. The van der Waals surface area contributed by atoms with E-state index >= 15 is 0 Å². The fourth-order valence-corrected chi connectivity index (χ4v) is 2.98. The molecule has 0 radical (unpaired) electrons. The van der Waals surface area contributed by atoms with Gasteiger partial charge in [-0.1, -0.05) is 23.2 Å². The second kappa shape index (κ2) is 5.06. The first kappa shape index (κ1) is 15.4. The number of carbonyl (C=O) groups is 1. The van der Waals surface area contributed by atoms with Crippen LogP contribution in [0.25, 0.3) is 0 Å². The smallest absolute Gasteiger partial charge is 0.252 e. The van der Waals surface area contributed by atoms with E-state index in [1.807, 2.05) is 13.8 Å². The molecular weight excluding hydrogens is 297 g/mol. The van der Waals surface area contributed by atoms with Gasteiger partial charge in [-0.05, 0) is 57.0 Å². The second-order valence-electron chi connectivity index (χ2n) is 5.57. The summed E-state index contributed by atoms with van der Waals surface area (Å²) in [5, 5.41) is 11.3. The third kappa shape index (κ3) is 2.34. The highest BCUT2D eigenvalue weighted by atomic mass is 35.5. The quantitative estimate of drug-likeness (QED) is 0.903. The van der Waals surface area contributed by atoms with Crippen molar-refractivity contribution in [2.45, 2.75) is 39.5 Å². The molecule has 1 atom stereocenters. The van der Waals surface area contributed by atoms with Crippen LogP contribution in [0.5, 0.6) is 0 Å². The fourth-order valence-electron chi connectivity index (χ4n) is 2.45. The van der Waals surface area contributed by atoms with E-state index in [9.17, 15) is 9.90 Å². The Bertz CT molecular complexity index is 588. The van der Waals surface area contributed by atoms with Gasteiger partial charge in [-0.25, -0.2) is 0 Å². The molecule has 5 heteroatoms. The number of halogens is 2. The molecule has 20 heavy (non-hydrogen) atoms. The van der Waals surface area contributed by atoms with Crippen LogP contribution in [0, 0.1) is 0 Å². The zero-order chi connectivity index (χ0) is 15.2. The second-order valence-corrected chi connectivity index (χ2v) is 6.45. The van der Waals surface area contributed by atoms with Crippen molar-refractivity contribution >= 4 is 29.1 Å². The molecule has 0 unspecified atom stereocenters. The number of aliphatic hydroxyl groups is 1. The highest BCUT2D eigenvalue weighted by Gasteiger charge is 2.43. The van der Waals surface area contributed by atoms with E-state index in [1.54, 1.807) is 32.0 Å². The van der Waals surface area contributed by atoms with Crippen LogP contribution >= 0.6 is 23.2 Å². The highest BCUT2D eigenvalue weighted by Crippen LogP contribution is 2.38. The SMILES string of the molecule is CC1=C(C)[C@@H](O)N(C(C)(C)c2cc(Cl)cc(Cl)c2)C1=O. The Labute approximate surface area is 128 Å².